The van der Waals surface area contributed by atoms with E-state index in [-0.39, 0.29) is 0 Å². The molecule has 0 aliphatic carbocycles. The monoisotopic (exact) mass is 433 g/mol. The molecule has 0 unspecified atom stereocenters. The maximum Gasteiger partial charge on any atom is 0.313 e. The van der Waals surface area contributed by atoms with Crippen LogP contribution in [0.25, 0.3) is 16.3 Å². The lowest BCUT2D eigenvalue weighted by Crippen LogP contribution is -2.36. The van der Waals surface area contributed by atoms with Gasteiger partial charge in [0.1, 0.15) is 0 Å². The number of hydrogen-bond donors (Lipinski definition) is 2. The van der Waals surface area contributed by atoms with E-state index < -0.39 is 11.8 Å². The van der Waals surface area contributed by atoms with Crippen molar-refractivity contribution in [3.63, 3.8) is 0 Å². The van der Waals surface area contributed by atoms with Gasteiger partial charge < -0.3 is 10.6 Å². The number of nitrogens with one attached hydrogen (secondary N) is 2. The number of fused-ring (bicyclic) bond motifs is 1. The number of hydrogen-bond acceptors (Lipinski definition) is 5. The number of thiazole rings is 1. The summed E-state index contributed by atoms with van der Waals surface area (Å²) in [6.45, 7) is 6.31. The predicted octanol–water partition coefficient (Wildman–Crippen LogP) is 3.68. The molecule has 2 aromatic carbocycles. The Balaban J connectivity index is 1.37. The number of rotatable bonds is 5. The van der Waals surface area contributed by atoms with Crippen LogP contribution in [-0.2, 0) is 16.0 Å². The minimum atomic E-state index is -0.679. The molecule has 0 bridgehead atoms. The summed E-state index contributed by atoms with van der Waals surface area (Å²) in [7, 11) is 0. The summed E-state index contributed by atoms with van der Waals surface area (Å²) in [6, 6.07) is 13.5. The van der Waals surface area contributed by atoms with Gasteiger partial charge in [-0.05, 0) is 49.6 Å². The molecule has 0 saturated heterocycles. The number of carbonyl (C=O) groups is 2. The lowest BCUT2D eigenvalue weighted by Gasteiger charge is -2.08. The predicted molar refractivity (Wildman–Crippen MR) is 122 cm³/mol. The van der Waals surface area contributed by atoms with Gasteiger partial charge in [0.05, 0.1) is 5.69 Å². The number of carbonyl (C=O) groups excluding carboxylic acids is 2. The summed E-state index contributed by atoms with van der Waals surface area (Å²) in [6.07, 6.45) is 0.541. The molecule has 0 aliphatic heterocycles. The van der Waals surface area contributed by atoms with Crippen LogP contribution in [0.4, 0.5) is 5.69 Å². The van der Waals surface area contributed by atoms with Crippen LogP contribution in [0.15, 0.2) is 47.8 Å². The number of amides is 2. The Hall–Kier alpha value is -3.52. The lowest BCUT2D eigenvalue weighted by atomic mass is 10.1. The third-order valence-electron chi connectivity index (χ3n) is 5.17. The van der Waals surface area contributed by atoms with Crippen LogP contribution < -0.4 is 10.6 Å². The largest absolute Gasteiger partial charge is 0.347 e. The first kappa shape index (κ1) is 20.7. The minimum absolute atomic E-state index is 0.324. The molecular weight excluding hydrogens is 410 g/mol. The highest BCUT2D eigenvalue weighted by Gasteiger charge is 2.15. The fraction of sp³-hybridized carbons (Fsp3) is 0.217. The van der Waals surface area contributed by atoms with Gasteiger partial charge in [-0.15, -0.1) is 16.4 Å². The molecule has 2 amide bonds. The summed E-state index contributed by atoms with van der Waals surface area (Å²) in [4.78, 5) is 29.7. The van der Waals surface area contributed by atoms with E-state index in [9.17, 15) is 9.59 Å². The van der Waals surface area contributed by atoms with E-state index in [2.05, 4.69) is 20.7 Å². The van der Waals surface area contributed by atoms with E-state index in [0.29, 0.717) is 24.5 Å². The van der Waals surface area contributed by atoms with Crippen LogP contribution in [0.1, 0.15) is 22.4 Å². The minimum Gasteiger partial charge on any atom is -0.347 e. The van der Waals surface area contributed by atoms with E-state index in [0.717, 1.165) is 32.9 Å². The maximum absolute atomic E-state index is 12.2. The highest BCUT2D eigenvalue weighted by Crippen LogP contribution is 2.23. The summed E-state index contributed by atoms with van der Waals surface area (Å²) in [5, 5.41) is 11.9. The molecule has 8 heteroatoms. The van der Waals surface area contributed by atoms with E-state index in [1.807, 2.05) is 62.5 Å². The van der Waals surface area contributed by atoms with Crippen molar-refractivity contribution in [2.75, 3.05) is 11.9 Å². The summed E-state index contributed by atoms with van der Waals surface area (Å²) < 4.78 is 1.80. The van der Waals surface area contributed by atoms with Crippen LogP contribution in [0.3, 0.4) is 0 Å². The molecule has 2 heterocycles. The van der Waals surface area contributed by atoms with Crippen LogP contribution in [0, 0.1) is 20.8 Å². The zero-order valence-electron chi connectivity index (χ0n) is 17.6. The zero-order valence-corrected chi connectivity index (χ0v) is 18.4. The standard InChI is InChI=1S/C23H23N5O2S/c1-14-8-9-17(12-16(14)3)25-22(30)21(29)24-11-10-18-13-31-23-26-20(27-28(18)23)19-7-5-4-6-15(19)2/h4-9,12-13H,10-11H2,1-3H3,(H,24,29)(H,25,30). The number of nitrogens with zero attached hydrogens (tertiary/aromatic N) is 3. The van der Waals surface area contributed by atoms with Gasteiger partial charge in [-0.2, -0.15) is 4.98 Å². The second-order valence-corrected chi connectivity index (χ2v) is 8.27. The first-order chi connectivity index (χ1) is 14.9. The fourth-order valence-corrected chi connectivity index (χ4v) is 4.08. The Morgan fingerprint density at radius 1 is 1.00 bits per heavy atom. The Morgan fingerprint density at radius 3 is 2.58 bits per heavy atom. The van der Waals surface area contributed by atoms with Crippen molar-refractivity contribution >= 4 is 33.8 Å². The van der Waals surface area contributed by atoms with Crippen LogP contribution in [0.2, 0.25) is 0 Å². The molecular formula is C23H23N5O2S. The van der Waals surface area contributed by atoms with Crippen molar-refractivity contribution in [2.24, 2.45) is 0 Å². The number of aromatic nitrogens is 3. The molecule has 0 aliphatic rings. The number of benzene rings is 2. The van der Waals surface area contributed by atoms with Crippen LogP contribution in [0.5, 0.6) is 0 Å². The van der Waals surface area contributed by atoms with Gasteiger partial charge in [0.2, 0.25) is 4.96 Å². The summed E-state index contributed by atoms with van der Waals surface area (Å²) in [5.74, 6) is -0.659. The molecule has 0 spiro atoms. The average molecular weight is 434 g/mol. The molecule has 4 rings (SSSR count). The van der Waals surface area contributed by atoms with Gasteiger partial charge in [0, 0.05) is 29.6 Å². The molecule has 31 heavy (non-hydrogen) atoms. The van der Waals surface area contributed by atoms with Crippen molar-refractivity contribution in [3.05, 3.63) is 70.2 Å². The maximum atomic E-state index is 12.2. The van der Waals surface area contributed by atoms with Crippen LogP contribution >= 0.6 is 11.3 Å². The Labute approximate surface area is 184 Å². The molecule has 2 aromatic heterocycles. The van der Waals surface area contributed by atoms with Gasteiger partial charge in [-0.25, -0.2) is 4.52 Å². The summed E-state index contributed by atoms with van der Waals surface area (Å²) >= 11 is 1.50. The van der Waals surface area contributed by atoms with Gasteiger partial charge >= 0.3 is 11.8 Å². The van der Waals surface area contributed by atoms with E-state index >= 15 is 0 Å². The topological polar surface area (TPSA) is 88.4 Å². The number of anilines is 1. The third-order valence-corrected chi connectivity index (χ3v) is 6.04. The van der Waals surface area contributed by atoms with Crippen molar-refractivity contribution < 1.29 is 9.59 Å². The van der Waals surface area contributed by atoms with E-state index in [1.165, 1.54) is 11.3 Å². The fourth-order valence-electron chi connectivity index (χ4n) is 3.23. The van der Waals surface area contributed by atoms with Crippen molar-refractivity contribution in [1.82, 2.24) is 19.9 Å². The van der Waals surface area contributed by atoms with E-state index in [4.69, 9.17) is 0 Å². The Bertz CT molecular complexity index is 1270. The first-order valence-corrected chi connectivity index (χ1v) is 10.9. The molecule has 0 fully saturated rings. The Morgan fingerprint density at radius 2 is 1.81 bits per heavy atom. The second-order valence-electron chi connectivity index (χ2n) is 7.43. The van der Waals surface area contributed by atoms with Crippen molar-refractivity contribution in [1.29, 1.82) is 0 Å². The molecule has 2 N–H and O–H groups in total. The molecule has 0 radical (unpaired) electrons. The SMILES string of the molecule is Cc1ccc(NC(=O)C(=O)NCCc2csc3nc(-c4ccccc4C)nn23)cc1C. The average Bonchev–Trinajstić information content (AvgIpc) is 3.32. The molecule has 4 aromatic rings. The zero-order chi connectivity index (χ0) is 22.0. The van der Waals surface area contributed by atoms with E-state index in [1.54, 1.807) is 10.6 Å². The van der Waals surface area contributed by atoms with Gasteiger partial charge in [0.25, 0.3) is 0 Å². The normalized spacial score (nSPS) is 10.9. The quantitative estimate of drug-likeness (QED) is 0.470. The molecule has 0 atom stereocenters. The lowest BCUT2D eigenvalue weighted by molar-refractivity contribution is -0.136. The first-order valence-electron chi connectivity index (χ1n) is 9.98. The van der Waals surface area contributed by atoms with Crippen molar-refractivity contribution in [3.8, 4) is 11.4 Å². The van der Waals surface area contributed by atoms with Gasteiger partial charge in [-0.3, -0.25) is 9.59 Å². The van der Waals surface area contributed by atoms with Gasteiger partial charge in [-0.1, -0.05) is 30.3 Å². The van der Waals surface area contributed by atoms with Gasteiger partial charge in [0.15, 0.2) is 5.82 Å². The molecule has 7 nitrogen and oxygen atoms in total. The van der Waals surface area contributed by atoms with Crippen molar-refractivity contribution in [2.45, 2.75) is 27.2 Å². The molecule has 0 saturated carbocycles. The highest BCUT2D eigenvalue weighted by atomic mass is 32.1. The Kier molecular flexibility index (Phi) is 5.81. The molecule has 158 valence electrons. The smallest absolute Gasteiger partial charge is 0.313 e. The highest BCUT2D eigenvalue weighted by molar-refractivity contribution is 7.15. The number of aryl methyl sites for hydroxylation is 3. The van der Waals surface area contributed by atoms with Crippen LogP contribution in [-0.4, -0.2) is 33.0 Å². The third kappa shape index (κ3) is 4.49. The summed E-state index contributed by atoms with van der Waals surface area (Å²) in [5.41, 5.74) is 5.84. The second kappa shape index (κ2) is 8.69.